The molecule has 1 atom stereocenters. The van der Waals surface area contributed by atoms with Gasteiger partial charge in [-0.05, 0) is 32.0 Å². The van der Waals surface area contributed by atoms with Gasteiger partial charge >= 0.3 is 0 Å². The molecular weight excluding hydrogens is 240 g/mol. The van der Waals surface area contributed by atoms with Crippen LogP contribution in [0.1, 0.15) is 44.8 Å². The standard InChI is InChI=1S/C15H26N2O2/c1-4-6-9-18-10-11-19-13-7-8-15(17-12-13)14(5-2)16-3/h7-8,12,14,16H,4-6,9-11H2,1-3H3. The van der Waals surface area contributed by atoms with Gasteiger partial charge in [-0.2, -0.15) is 0 Å². The van der Waals surface area contributed by atoms with Crippen LogP contribution < -0.4 is 10.1 Å². The smallest absolute Gasteiger partial charge is 0.137 e. The normalized spacial score (nSPS) is 12.4. The lowest BCUT2D eigenvalue weighted by Gasteiger charge is -2.13. The maximum atomic E-state index is 5.58. The number of hydrogen-bond acceptors (Lipinski definition) is 4. The number of nitrogens with one attached hydrogen (secondary N) is 1. The van der Waals surface area contributed by atoms with Gasteiger partial charge in [0.2, 0.25) is 0 Å². The minimum Gasteiger partial charge on any atom is -0.490 e. The van der Waals surface area contributed by atoms with Gasteiger partial charge in [-0.15, -0.1) is 0 Å². The van der Waals surface area contributed by atoms with Crippen LogP contribution in [0.4, 0.5) is 0 Å². The first kappa shape index (κ1) is 15.9. The van der Waals surface area contributed by atoms with Crippen LogP contribution in [0.5, 0.6) is 5.75 Å². The van der Waals surface area contributed by atoms with Crippen LogP contribution in [0.3, 0.4) is 0 Å². The molecule has 108 valence electrons. The van der Waals surface area contributed by atoms with Crippen LogP contribution >= 0.6 is 0 Å². The van der Waals surface area contributed by atoms with E-state index in [1.165, 1.54) is 0 Å². The number of aromatic nitrogens is 1. The third kappa shape index (κ3) is 6.03. The summed E-state index contributed by atoms with van der Waals surface area (Å²) in [6, 6.07) is 4.29. The van der Waals surface area contributed by atoms with Gasteiger partial charge < -0.3 is 14.8 Å². The number of pyridine rings is 1. The molecule has 0 radical (unpaired) electrons. The zero-order valence-electron chi connectivity index (χ0n) is 12.3. The van der Waals surface area contributed by atoms with Gasteiger partial charge in [0, 0.05) is 12.6 Å². The first-order chi connectivity index (χ1) is 9.31. The first-order valence-electron chi connectivity index (χ1n) is 7.15. The molecule has 1 aromatic rings. The van der Waals surface area contributed by atoms with Crippen molar-refractivity contribution in [3.63, 3.8) is 0 Å². The molecule has 0 spiro atoms. The first-order valence-corrected chi connectivity index (χ1v) is 7.15. The van der Waals surface area contributed by atoms with Crippen molar-refractivity contribution in [2.24, 2.45) is 0 Å². The van der Waals surface area contributed by atoms with Crippen LogP contribution in [0.15, 0.2) is 18.3 Å². The van der Waals surface area contributed by atoms with E-state index in [0.29, 0.717) is 19.3 Å². The zero-order chi connectivity index (χ0) is 13.9. The van der Waals surface area contributed by atoms with Crippen molar-refractivity contribution in [1.29, 1.82) is 0 Å². The van der Waals surface area contributed by atoms with Gasteiger partial charge in [0.1, 0.15) is 12.4 Å². The Morgan fingerprint density at radius 1 is 1.21 bits per heavy atom. The average Bonchev–Trinajstić information content (AvgIpc) is 2.45. The zero-order valence-corrected chi connectivity index (χ0v) is 12.3. The largest absolute Gasteiger partial charge is 0.490 e. The Labute approximate surface area is 116 Å². The highest BCUT2D eigenvalue weighted by Gasteiger charge is 2.07. The Balaban J connectivity index is 2.28. The third-order valence-corrected chi connectivity index (χ3v) is 3.01. The predicted octanol–water partition coefficient (Wildman–Crippen LogP) is 2.95. The second kappa shape index (κ2) is 9.75. The van der Waals surface area contributed by atoms with Crippen LogP contribution in [-0.4, -0.2) is 31.9 Å². The minimum absolute atomic E-state index is 0.312. The molecule has 4 heteroatoms. The van der Waals surface area contributed by atoms with E-state index in [1.54, 1.807) is 6.20 Å². The number of unbranched alkanes of at least 4 members (excludes halogenated alkanes) is 1. The summed E-state index contributed by atoms with van der Waals surface area (Å²) in [6.45, 7) is 6.32. The number of hydrogen-bond donors (Lipinski definition) is 1. The van der Waals surface area contributed by atoms with Crippen LogP contribution in [-0.2, 0) is 4.74 Å². The molecule has 0 aromatic carbocycles. The van der Waals surface area contributed by atoms with Crippen molar-refractivity contribution in [2.45, 2.75) is 39.2 Å². The summed E-state index contributed by atoms with van der Waals surface area (Å²) >= 11 is 0. The van der Waals surface area contributed by atoms with E-state index in [-0.39, 0.29) is 0 Å². The highest BCUT2D eigenvalue weighted by atomic mass is 16.5. The molecule has 0 aliphatic rings. The SMILES string of the molecule is CCCCOCCOc1ccc(C(CC)NC)nc1. The van der Waals surface area contributed by atoms with Gasteiger partial charge in [0.05, 0.1) is 18.5 Å². The fourth-order valence-electron chi connectivity index (χ4n) is 1.81. The van der Waals surface area contributed by atoms with Crippen molar-refractivity contribution < 1.29 is 9.47 Å². The van der Waals surface area contributed by atoms with Crippen molar-refractivity contribution in [2.75, 3.05) is 26.9 Å². The van der Waals surface area contributed by atoms with Gasteiger partial charge in [-0.25, -0.2) is 0 Å². The lowest BCUT2D eigenvalue weighted by molar-refractivity contribution is 0.0979. The fraction of sp³-hybridized carbons (Fsp3) is 0.667. The van der Waals surface area contributed by atoms with Crippen molar-refractivity contribution in [3.05, 3.63) is 24.0 Å². The number of nitrogens with zero attached hydrogens (tertiary/aromatic N) is 1. The molecular formula is C15H26N2O2. The average molecular weight is 266 g/mol. The van der Waals surface area contributed by atoms with Crippen LogP contribution in [0.25, 0.3) is 0 Å². The van der Waals surface area contributed by atoms with E-state index < -0.39 is 0 Å². The second-order valence-electron chi connectivity index (χ2n) is 4.48. The molecule has 0 saturated heterocycles. The lowest BCUT2D eigenvalue weighted by atomic mass is 10.1. The maximum absolute atomic E-state index is 5.58. The van der Waals surface area contributed by atoms with Crippen LogP contribution in [0.2, 0.25) is 0 Å². The lowest BCUT2D eigenvalue weighted by Crippen LogP contribution is -2.16. The van der Waals surface area contributed by atoms with Gasteiger partial charge in [0.15, 0.2) is 0 Å². The third-order valence-electron chi connectivity index (χ3n) is 3.01. The summed E-state index contributed by atoms with van der Waals surface area (Å²) in [4.78, 5) is 4.42. The summed E-state index contributed by atoms with van der Waals surface area (Å²) in [5.41, 5.74) is 1.05. The van der Waals surface area contributed by atoms with E-state index in [2.05, 4.69) is 24.1 Å². The van der Waals surface area contributed by atoms with Gasteiger partial charge in [-0.3, -0.25) is 4.98 Å². The molecule has 0 amide bonds. The van der Waals surface area contributed by atoms with E-state index in [9.17, 15) is 0 Å². The molecule has 1 rings (SSSR count). The monoisotopic (exact) mass is 266 g/mol. The Hall–Kier alpha value is -1.13. The fourth-order valence-corrected chi connectivity index (χ4v) is 1.81. The summed E-state index contributed by atoms with van der Waals surface area (Å²) in [6.07, 6.45) is 5.07. The Morgan fingerprint density at radius 2 is 2.05 bits per heavy atom. The topological polar surface area (TPSA) is 43.4 Å². The van der Waals surface area contributed by atoms with E-state index in [1.807, 2.05) is 19.2 Å². The molecule has 0 aliphatic carbocycles. The Kier molecular flexibility index (Phi) is 8.18. The van der Waals surface area contributed by atoms with Crippen molar-refractivity contribution in [1.82, 2.24) is 10.3 Å². The van der Waals surface area contributed by atoms with Gasteiger partial charge in [0.25, 0.3) is 0 Å². The van der Waals surface area contributed by atoms with E-state index >= 15 is 0 Å². The molecule has 0 aliphatic heterocycles. The predicted molar refractivity (Wildman–Crippen MR) is 77.6 cm³/mol. The molecule has 1 aromatic heterocycles. The molecule has 1 N–H and O–H groups in total. The van der Waals surface area contributed by atoms with E-state index in [0.717, 1.165) is 37.3 Å². The summed E-state index contributed by atoms with van der Waals surface area (Å²) in [5.74, 6) is 0.800. The molecule has 1 heterocycles. The second-order valence-corrected chi connectivity index (χ2v) is 4.48. The molecule has 1 unspecified atom stereocenters. The minimum atomic E-state index is 0.312. The molecule has 0 saturated carbocycles. The summed E-state index contributed by atoms with van der Waals surface area (Å²) in [5, 5.41) is 3.24. The molecule has 0 bridgehead atoms. The summed E-state index contributed by atoms with van der Waals surface area (Å²) < 4.78 is 11.0. The number of rotatable bonds is 10. The Bertz CT molecular complexity index is 323. The van der Waals surface area contributed by atoms with Crippen molar-refractivity contribution >= 4 is 0 Å². The highest BCUT2D eigenvalue weighted by molar-refractivity contribution is 5.21. The molecule has 19 heavy (non-hydrogen) atoms. The maximum Gasteiger partial charge on any atom is 0.137 e. The van der Waals surface area contributed by atoms with Crippen molar-refractivity contribution in [3.8, 4) is 5.75 Å². The quantitative estimate of drug-likeness (QED) is 0.661. The highest BCUT2D eigenvalue weighted by Crippen LogP contribution is 2.16. The Morgan fingerprint density at radius 3 is 2.63 bits per heavy atom. The van der Waals surface area contributed by atoms with Gasteiger partial charge in [-0.1, -0.05) is 20.3 Å². The molecule has 0 fully saturated rings. The molecule has 4 nitrogen and oxygen atoms in total. The van der Waals surface area contributed by atoms with Crippen LogP contribution in [0, 0.1) is 0 Å². The summed E-state index contributed by atoms with van der Waals surface area (Å²) in [7, 11) is 1.95. The number of ether oxygens (including phenoxy) is 2. The van der Waals surface area contributed by atoms with E-state index in [4.69, 9.17) is 9.47 Å².